The van der Waals surface area contributed by atoms with Crippen molar-refractivity contribution >= 4 is 23.2 Å². The van der Waals surface area contributed by atoms with E-state index in [1.165, 1.54) is 0 Å². The van der Waals surface area contributed by atoms with E-state index >= 15 is 0 Å². The second-order valence-electron chi connectivity index (χ2n) is 6.06. The monoisotopic (exact) mass is 324 g/mol. The SMILES string of the molecule is CCCC(C(=O)Nc1cccc(C)c1)C(=O)Nc1cccc(C)c1. The predicted octanol–water partition coefficient (Wildman–Crippen LogP) is 4.30. The maximum absolute atomic E-state index is 12.5. The number of hydrogen-bond donors (Lipinski definition) is 2. The summed E-state index contributed by atoms with van der Waals surface area (Å²) in [6, 6.07) is 15.1. The van der Waals surface area contributed by atoms with Crippen LogP contribution >= 0.6 is 0 Å². The van der Waals surface area contributed by atoms with E-state index in [0.717, 1.165) is 17.5 Å². The molecule has 0 bridgehead atoms. The molecule has 0 saturated heterocycles. The molecular formula is C20H24N2O2. The fourth-order valence-corrected chi connectivity index (χ4v) is 2.57. The molecule has 4 heteroatoms. The maximum Gasteiger partial charge on any atom is 0.236 e. The summed E-state index contributed by atoms with van der Waals surface area (Å²) in [6.45, 7) is 5.89. The summed E-state index contributed by atoms with van der Waals surface area (Å²) in [4.78, 5) is 25.1. The van der Waals surface area contributed by atoms with Crippen LogP contribution in [0.25, 0.3) is 0 Å². The van der Waals surface area contributed by atoms with Crippen molar-refractivity contribution < 1.29 is 9.59 Å². The number of carbonyl (C=O) groups excluding carboxylic acids is 2. The van der Waals surface area contributed by atoms with Gasteiger partial charge in [0.15, 0.2) is 0 Å². The van der Waals surface area contributed by atoms with Crippen LogP contribution in [0.15, 0.2) is 48.5 Å². The van der Waals surface area contributed by atoms with Gasteiger partial charge in [0.25, 0.3) is 0 Å². The number of benzene rings is 2. The summed E-state index contributed by atoms with van der Waals surface area (Å²) in [5.74, 6) is -1.25. The van der Waals surface area contributed by atoms with Gasteiger partial charge in [0.1, 0.15) is 5.92 Å². The molecule has 0 unspecified atom stereocenters. The highest BCUT2D eigenvalue weighted by Gasteiger charge is 2.26. The highest BCUT2D eigenvalue weighted by molar-refractivity contribution is 6.10. The number of rotatable bonds is 6. The zero-order valence-electron chi connectivity index (χ0n) is 14.4. The van der Waals surface area contributed by atoms with Crippen LogP contribution in [-0.2, 0) is 9.59 Å². The Balaban J connectivity index is 2.09. The molecule has 126 valence electrons. The highest BCUT2D eigenvalue weighted by atomic mass is 16.2. The van der Waals surface area contributed by atoms with E-state index in [2.05, 4.69) is 10.6 Å². The molecule has 0 aromatic heterocycles. The van der Waals surface area contributed by atoms with Crippen LogP contribution in [-0.4, -0.2) is 11.8 Å². The largest absolute Gasteiger partial charge is 0.325 e. The Hall–Kier alpha value is -2.62. The molecule has 0 spiro atoms. The third kappa shape index (κ3) is 4.95. The van der Waals surface area contributed by atoms with Crippen LogP contribution in [0.4, 0.5) is 11.4 Å². The Morgan fingerprint density at radius 2 is 1.33 bits per heavy atom. The van der Waals surface area contributed by atoms with Gasteiger partial charge in [0, 0.05) is 11.4 Å². The first kappa shape index (κ1) is 17.7. The van der Waals surface area contributed by atoms with Crippen molar-refractivity contribution in [2.24, 2.45) is 5.92 Å². The Labute approximate surface area is 143 Å². The summed E-state index contributed by atoms with van der Waals surface area (Å²) >= 11 is 0. The van der Waals surface area contributed by atoms with Gasteiger partial charge in [-0.25, -0.2) is 0 Å². The first-order valence-corrected chi connectivity index (χ1v) is 8.24. The van der Waals surface area contributed by atoms with Crippen LogP contribution in [0, 0.1) is 19.8 Å². The molecule has 0 aliphatic carbocycles. The first-order chi connectivity index (χ1) is 11.5. The third-order valence-electron chi connectivity index (χ3n) is 3.78. The smallest absolute Gasteiger partial charge is 0.236 e. The lowest BCUT2D eigenvalue weighted by Gasteiger charge is -2.16. The van der Waals surface area contributed by atoms with Gasteiger partial charge in [-0.1, -0.05) is 37.6 Å². The molecule has 0 aliphatic heterocycles. The molecule has 0 saturated carbocycles. The molecule has 0 fully saturated rings. The molecule has 2 rings (SSSR count). The topological polar surface area (TPSA) is 58.2 Å². The van der Waals surface area contributed by atoms with Crippen molar-refractivity contribution in [1.82, 2.24) is 0 Å². The van der Waals surface area contributed by atoms with Gasteiger partial charge in [-0.2, -0.15) is 0 Å². The molecule has 4 nitrogen and oxygen atoms in total. The molecule has 0 radical (unpaired) electrons. The van der Waals surface area contributed by atoms with Crippen LogP contribution in [0.3, 0.4) is 0 Å². The fourth-order valence-electron chi connectivity index (χ4n) is 2.57. The molecule has 0 aliphatic rings. The van der Waals surface area contributed by atoms with Gasteiger partial charge >= 0.3 is 0 Å². The lowest BCUT2D eigenvalue weighted by molar-refractivity contribution is -0.129. The van der Waals surface area contributed by atoms with Gasteiger partial charge in [0.05, 0.1) is 0 Å². The number of nitrogens with one attached hydrogen (secondary N) is 2. The number of carbonyl (C=O) groups is 2. The standard InChI is InChI=1S/C20H24N2O2/c1-4-7-18(19(23)21-16-10-5-8-14(2)12-16)20(24)22-17-11-6-9-15(3)13-17/h5-6,8-13,18H,4,7H2,1-3H3,(H,21,23)(H,22,24). The van der Waals surface area contributed by atoms with E-state index in [1.807, 2.05) is 69.3 Å². The van der Waals surface area contributed by atoms with Crippen LogP contribution < -0.4 is 10.6 Å². The summed E-state index contributed by atoms with van der Waals surface area (Å²) in [6.07, 6.45) is 1.27. The Kier molecular flexibility index (Phi) is 6.13. The lowest BCUT2D eigenvalue weighted by Crippen LogP contribution is -2.33. The molecule has 2 amide bonds. The zero-order chi connectivity index (χ0) is 17.5. The second kappa shape index (κ2) is 8.29. The van der Waals surface area contributed by atoms with Crippen LogP contribution in [0.5, 0.6) is 0 Å². The Morgan fingerprint density at radius 3 is 1.71 bits per heavy atom. The highest BCUT2D eigenvalue weighted by Crippen LogP contribution is 2.17. The molecule has 2 aromatic rings. The van der Waals surface area contributed by atoms with Crippen molar-refractivity contribution in [3.05, 3.63) is 59.7 Å². The van der Waals surface area contributed by atoms with Gasteiger partial charge in [0.2, 0.25) is 11.8 Å². The summed E-state index contributed by atoms with van der Waals surface area (Å²) in [7, 11) is 0. The van der Waals surface area contributed by atoms with Crippen molar-refractivity contribution in [3.8, 4) is 0 Å². The summed E-state index contributed by atoms with van der Waals surface area (Å²) in [5.41, 5.74) is 3.54. The Bertz CT molecular complexity index is 666. The third-order valence-corrected chi connectivity index (χ3v) is 3.78. The number of anilines is 2. The predicted molar refractivity (Wildman–Crippen MR) is 98.0 cm³/mol. The summed E-state index contributed by atoms with van der Waals surface area (Å²) in [5, 5.41) is 5.69. The minimum absolute atomic E-state index is 0.271. The average molecular weight is 324 g/mol. The molecule has 0 heterocycles. The Morgan fingerprint density at radius 1 is 0.875 bits per heavy atom. The molecule has 2 aromatic carbocycles. The second-order valence-corrected chi connectivity index (χ2v) is 6.06. The van der Waals surface area contributed by atoms with E-state index in [1.54, 1.807) is 0 Å². The van der Waals surface area contributed by atoms with Gasteiger partial charge in [-0.15, -0.1) is 0 Å². The van der Waals surface area contributed by atoms with E-state index in [0.29, 0.717) is 17.8 Å². The number of aryl methyl sites for hydroxylation is 2. The molecule has 2 N–H and O–H groups in total. The number of hydrogen-bond acceptors (Lipinski definition) is 2. The van der Waals surface area contributed by atoms with Gasteiger partial charge in [-0.05, 0) is 55.7 Å². The van der Waals surface area contributed by atoms with E-state index < -0.39 is 5.92 Å². The van der Waals surface area contributed by atoms with Crippen LogP contribution in [0.1, 0.15) is 30.9 Å². The normalized spacial score (nSPS) is 10.5. The van der Waals surface area contributed by atoms with Gasteiger partial charge < -0.3 is 10.6 Å². The van der Waals surface area contributed by atoms with E-state index in [-0.39, 0.29) is 11.8 Å². The van der Waals surface area contributed by atoms with Crippen molar-refractivity contribution in [2.45, 2.75) is 33.6 Å². The molecular weight excluding hydrogens is 300 g/mol. The number of amides is 2. The molecule has 24 heavy (non-hydrogen) atoms. The van der Waals surface area contributed by atoms with E-state index in [4.69, 9.17) is 0 Å². The van der Waals surface area contributed by atoms with Crippen molar-refractivity contribution in [3.63, 3.8) is 0 Å². The van der Waals surface area contributed by atoms with Crippen molar-refractivity contribution in [1.29, 1.82) is 0 Å². The minimum atomic E-state index is -0.712. The zero-order valence-corrected chi connectivity index (χ0v) is 14.4. The van der Waals surface area contributed by atoms with Gasteiger partial charge in [-0.3, -0.25) is 9.59 Å². The fraction of sp³-hybridized carbons (Fsp3) is 0.300. The summed E-state index contributed by atoms with van der Waals surface area (Å²) < 4.78 is 0. The van der Waals surface area contributed by atoms with Crippen molar-refractivity contribution in [2.75, 3.05) is 10.6 Å². The van der Waals surface area contributed by atoms with Crippen LogP contribution in [0.2, 0.25) is 0 Å². The first-order valence-electron chi connectivity index (χ1n) is 8.24. The maximum atomic E-state index is 12.5. The minimum Gasteiger partial charge on any atom is -0.325 e. The quantitative estimate of drug-likeness (QED) is 0.778. The average Bonchev–Trinajstić information content (AvgIpc) is 2.52. The lowest BCUT2D eigenvalue weighted by atomic mass is 10.0. The molecule has 0 atom stereocenters. The van der Waals surface area contributed by atoms with E-state index in [9.17, 15) is 9.59 Å².